The number of hydrogen-bond acceptors (Lipinski definition) is 2. The van der Waals surface area contributed by atoms with Crippen molar-refractivity contribution in [2.75, 3.05) is 0 Å². The van der Waals surface area contributed by atoms with Crippen molar-refractivity contribution in [2.24, 2.45) is 0 Å². The maximum Gasteiger partial charge on any atom is -1.00 e. The third-order valence-corrected chi connectivity index (χ3v) is 17.2. The Balaban J connectivity index is 0.00000232. The Hall–Kier alpha value is -3.40. The maximum absolute atomic E-state index is 6.85. The molecule has 8 rings (SSSR count). The van der Waals surface area contributed by atoms with E-state index in [0.29, 0.717) is 7.25 Å². The van der Waals surface area contributed by atoms with Gasteiger partial charge in [-0.15, -0.1) is 0 Å². The summed E-state index contributed by atoms with van der Waals surface area (Å²) in [6.07, 6.45) is 4.97. The summed E-state index contributed by atoms with van der Waals surface area (Å²) in [5.41, 5.74) is 19.0. The molecule has 4 aromatic carbocycles. The van der Waals surface area contributed by atoms with Gasteiger partial charge in [0.05, 0.1) is 0 Å². The van der Waals surface area contributed by atoms with E-state index >= 15 is 0 Å². The Bertz CT molecular complexity index is 2340. The monoisotopic (exact) mass is 816 g/mol. The smallest absolute Gasteiger partial charge is 1.00 e. The van der Waals surface area contributed by atoms with Crippen LogP contribution >= 0.6 is 0 Å². The second-order valence-electron chi connectivity index (χ2n) is 15.2. The third-order valence-electron chi connectivity index (χ3n) is 10.8. The zero-order valence-electron chi connectivity index (χ0n) is 31.1. The number of halogens is 2. The molecule has 0 N–H and O–H groups in total. The molecule has 0 bridgehead atoms. The fourth-order valence-electron chi connectivity index (χ4n) is 7.92. The van der Waals surface area contributed by atoms with Crippen LogP contribution in [-0.4, -0.2) is 8.07 Å². The standard InChI is InChI=1S/C24H25OSi.C22H19O.2ClH.Zr/c1-16-13-19-14-20(22-11-12-23(25-22)26(3,4)5)15-21(19)24(17(16)2)18-9-7-6-8-10-18;1-14-11-18-12-19(21-10-9-15(2)23-21)13-20(18)22(16(14)3)17-7-5-4-6-8-17;;;/h6-15H,1-5H3;4-13H,1-3H3;2*1H;/q;;;;+2/p-2. The quantitative estimate of drug-likeness (QED) is 0.178. The van der Waals surface area contributed by atoms with Gasteiger partial charge in [0.1, 0.15) is 0 Å². The number of fused-ring (bicyclic) bond motifs is 2. The van der Waals surface area contributed by atoms with Gasteiger partial charge in [0.15, 0.2) is 0 Å². The predicted octanol–water partition coefficient (Wildman–Crippen LogP) is 6.28. The molecule has 6 aromatic rings. The summed E-state index contributed by atoms with van der Waals surface area (Å²) >= 11 is -1.36. The average Bonchev–Trinajstić information content (AvgIpc) is 3.90. The van der Waals surface area contributed by atoms with Crippen molar-refractivity contribution in [1.29, 1.82) is 0 Å². The van der Waals surface area contributed by atoms with E-state index in [0.717, 1.165) is 17.3 Å². The van der Waals surface area contributed by atoms with Crippen molar-refractivity contribution >= 4 is 36.8 Å². The van der Waals surface area contributed by atoms with Crippen LogP contribution in [0, 0.1) is 34.6 Å². The Kier molecular flexibility index (Phi) is 10.9. The van der Waals surface area contributed by atoms with Crippen molar-refractivity contribution in [3.63, 3.8) is 0 Å². The van der Waals surface area contributed by atoms with Crippen LogP contribution in [0.1, 0.15) is 69.0 Å². The Morgan fingerprint density at radius 3 is 1.38 bits per heavy atom. The first kappa shape index (κ1) is 38.3. The summed E-state index contributed by atoms with van der Waals surface area (Å²) in [5, 5.41) is 1.17. The van der Waals surface area contributed by atoms with Gasteiger partial charge in [-0.25, -0.2) is 0 Å². The van der Waals surface area contributed by atoms with Crippen molar-refractivity contribution in [1.82, 2.24) is 0 Å². The molecule has 0 radical (unpaired) electrons. The van der Waals surface area contributed by atoms with Crippen LogP contribution in [0.5, 0.6) is 0 Å². The molecule has 262 valence electrons. The first-order chi connectivity index (χ1) is 24.0. The molecule has 2 atom stereocenters. The zero-order valence-corrected chi connectivity index (χ0v) is 36.1. The van der Waals surface area contributed by atoms with Gasteiger partial charge in [0.25, 0.3) is 0 Å². The van der Waals surface area contributed by atoms with Crippen LogP contribution in [0.25, 0.3) is 45.6 Å². The number of benzene rings is 4. The maximum atomic E-state index is 6.85. The summed E-state index contributed by atoms with van der Waals surface area (Å²) in [7, 11) is -1.63. The number of aryl methyl sites for hydroxylation is 3. The van der Waals surface area contributed by atoms with E-state index in [4.69, 9.17) is 8.83 Å². The topological polar surface area (TPSA) is 26.3 Å². The predicted molar refractivity (Wildman–Crippen MR) is 209 cm³/mol. The van der Waals surface area contributed by atoms with E-state index in [1.165, 1.54) is 83.3 Å². The molecule has 0 saturated carbocycles. The van der Waals surface area contributed by atoms with Gasteiger partial charge >= 0.3 is 311 Å². The van der Waals surface area contributed by atoms with Crippen LogP contribution < -0.4 is 30.2 Å². The summed E-state index contributed by atoms with van der Waals surface area (Å²) in [5.74, 6) is 3.00. The molecule has 0 spiro atoms. The number of rotatable bonds is 7. The van der Waals surface area contributed by atoms with Crippen molar-refractivity contribution in [3.05, 3.63) is 159 Å². The van der Waals surface area contributed by atoms with Crippen LogP contribution in [-0.2, 0) is 23.2 Å². The van der Waals surface area contributed by atoms with Gasteiger partial charge in [0, 0.05) is 0 Å². The number of hydrogen-bond donors (Lipinski definition) is 0. The second-order valence-corrected chi connectivity index (χ2v) is 23.8. The first-order valence-electron chi connectivity index (χ1n) is 17.8. The normalized spacial score (nSPS) is 15.9. The van der Waals surface area contributed by atoms with E-state index in [2.05, 4.69) is 163 Å². The molecule has 0 amide bonds. The fourth-order valence-corrected chi connectivity index (χ4v) is 13.8. The van der Waals surface area contributed by atoms with Gasteiger partial charge in [-0.05, 0) is 0 Å². The molecular weight excluding hydrogens is 775 g/mol. The van der Waals surface area contributed by atoms with Gasteiger partial charge < -0.3 is 24.8 Å². The summed E-state index contributed by atoms with van der Waals surface area (Å²) in [4.78, 5) is 0. The van der Waals surface area contributed by atoms with Gasteiger partial charge in [-0.1, -0.05) is 0 Å². The molecular formula is C46H44Cl2O2SiZr. The minimum Gasteiger partial charge on any atom is -1.00 e. The van der Waals surface area contributed by atoms with E-state index < -0.39 is 31.3 Å². The third kappa shape index (κ3) is 6.66. The molecule has 2 heterocycles. The van der Waals surface area contributed by atoms with Crippen LogP contribution in [0.2, 0.25) is 19.6 Å². The Morgan fingerprint density at radius 1 is 0.538 bits per heavy atom. The summed E-state index contributed by atoms with van der Waals surface area (Å²) in [6.45, 7) is 18.3. The molecule has 52 heavy (non-hydrogen) atoms. The molecule has 6 heteroatoms. The van der Waals surface area contributed by atoms with E-state index in [-0.39, 0.29) is 24.8 Å². The molecule has 2 aromatic heterocycles. The average molecular weight is 819 g/mol. The second kappa shape index (κ2) is 14.8. The van der Waals surface area contributed by atoms with Gasteiger partial charge in [0.2, 0.25) is 0 Å². The van der Waals surface area contributed by atoms with Crippen LogP contribution in [0.3, 0.4) is 0 Å². The zero-order chi connectivity index (χ0) is 34.9. The summed E-state index contributed by atoms with van der Waals surface area (Å²) < 4.78 is 13.9. The van der Waals surface area contributed by atoms with E-state index in [9.17, 15) is 0 Å². The molecule has 0 fully saturated rings. The van der Waals surface area contributed by atoms with Crippen LogP contribution in [0.15, 0.2) is 106 Å². The SMILES string of the molecule is Cc1ccc(C2=Cc3c(cc(C)c(C)c3-c3ccccc3)[CH]2[Zr+2][CH]2C(c3ccc([Si](C)(C)C)o3)=Cc3c2cc(C)c(C)c3-c2ccccc2)o1.[Cl-].[Cl-]. The van der Waals surface area contributed by atoms with Crippen molar-refractivity contribution in [2.45, 2.75) is 61.5 Å². The van der Waals surface area contributed by atoms with Crippen molar-refractivity contribution in [3.8, 4) is 22.3 Å². The fraction of sp³-hybridized carbons (Fsp3) is 0.217. The van der Waals surface area contributed by atoms with Gasteiger partial charge in [-0.2, -0.15) is 0 Å². The number of furan rings is 2. The molecule has 2 aliphatic carbocycles. The first-order valence-corrected chi connectivity index (χ1v) is 24.1. The van der Waals surface area contributed by atoms with E-state index in [1.54, 1.807) is 0 Å². The van der Waals surface area contributed by atoms with Crippen LogP contribution in [0.4, 0.5) is 0 Å². The minimum absolute atomic E-state index is 0. The molecule has 0 aliphatic heterocycles. The Labute approximate surface area is 333 Å². The largest absolute Gasteiger partial charge is 1.00 e. The molecule has 2 nitrogen and oxygen atoms in total. The summed E-state index contributed by atoms with van der Waals surface area (Å²) in [6, 6.07) is 35.7. The molecule has 2 unspecified atom stereocenters. The van der Waals surface area contributed by atoms with Gasteiger partial charge in [-0.3, -0.25) is 0 Å². The molecule has 0 saturated heterocycles. The molecule has 2 aliphatic rings. The van der Waals surface area contributed by atoms with E-state index in [1.807, 2.05) is 0 Å². The Morgan fingerprint density at radius 2 is 0.981 bits per heavy atom. The van der Waals surface area contributed by atoms with Crippen molar-refractivity contribution < 1.29 is 56.9 Å². The number of allylic oxidation sites excluding steroid dienone is 2. The minimum atomic E-state index is -1.63.